The zero-order valence-corrected chi connectivity index (χ0v) is 21.2. The molecule has 186 valence electrons. The molecule has 36 heavy (non-hydrogen) atoms. The van der Waals surface area contributed by atoms with E-state index in [1.165, 1.54) is 12.1 Å². The summed E-state index contributed by atoms with van der Waals surface area (Å²) in [7, 11) is -3.92. The van der Waals surface area contributed by atoms with Gasteiger partial charge in [-0.15, -0.1) is 0 Å². The lowest BCUT2D eigenvalue weighted by Crippen LogP contribution is -2.23. The minimum Gasteiger partial charge on any atom is -0.465 e. The lowest BCUT2D eigenvalue weighted by Gasteiger charge is -2.16. The van der Waals surface area contributed by atoms with Gasteiger partial charge in [-0.1, -0.05) is 72.0 Å². The average molecular weight is 524 g/mol. The van der Waals surface area contributed by atoms with Gasteiger partial charge in [0.15, 0.2) is 4.80 Å². The lowest BCUT2D eigenvalue weighted by atomic mass is 9.88. The molecule has 1 amide bonds. The van der Waals surface area contributed by atoms with Crippen LogP contribution in [0.4, 0.5) is 0 Å². The predicted octanol–water partition coefficient (Wildman–Crippen LogP) is 3.56. The van der Waals surface area contributed by atoms with Crippen LogP contribution in [0.25, 0.3) is 10.2 Å². The van der Waals surface area contributed by atoms with Crippen LogP contribution in [0.1, 0.15) is 30.4 Å². The highest BCUT2D eigenvalue weighted by atomic mass is 32.2. The minimum atomic E-state index is -3.92. The number of nitrogens with two attached hydrogens (primary N) is 1. The number of aromatic nitrogens is 1. The van der Waals surface area contributed by atoms with Crippen molar-refractivity contribution in [2.75, 3.05) is 6.61 Å². The summed E-state index contributed by atoms with van der Waals surface area (Å²) in [5.74, 6) is -1.07. The smallest absolute Gasteiger partial charge is 0.326 e. The van der Waals surface area contributed by atoms with Gasteiger partial charge >= 0.3 is 5.97 Å². The van der Waals surface area contributed by atoms with Gasteiger partial charge in [-0.3, -0.25) is 9.59 Å². The Bertz CT molecular complexity index is 1520. The van der Waals surface area contributed by atoms with Crippen molar-refractivity contribution in [2.45, 2.75) is 30.7 Å². The Balaban J connectivity index is 1.77. The first-order valence-corrected chi connectivity index (χ1v) is 13.6. The number of rotatable bonds is 8. The Labute approximate surface area is 212 Å². The fraction of sp³-hybridized carbons (Fsp3) is 0.192. The fourth-order valence-electron chi connectivity index (χ4n) is 3.93. The number of ether oxygens (including phenoxy) is 1. The third-order valence-corrected chi connectivity index (χ3v) is 7.53. The normalized spacial score (nSPS) is 12.2. The Kier molecular flexibility index (Phi) is 7.78. The van der Waals surface area contributed by atoms with Gasteiger partial charge in [0.25, 0.3) is 0 Å². The molecule has 2 N–H and O–H groups in total. The quantitative estimate of drug-likeness (QED) is 0.354. The van der Waals surface area contributed by atoms with Gasteiger partial charge in [0, 0.05) is 12.3 Å². The van der Waals surface area contributed by atoms with E-state index in [-0.39, 0.29) is 41.1 Å². The maximum Gasteiger partial charge on any atom is 0.326 e. The SMILES string of the molecule is CCOC(=O)Cn1c(=NC(=O)CC(c2ccccc2)c2ccccc2)sc2cc(S(N)(=O)=O)ccc21. The second-order valence-electron chi connectivity index (χ2n) is 8.03. The molecule has 0 aliphatic heterocycles. The first kappa shape index (κ1) is 25.5. The minimum absolute atomic E-state index is 0.0642. The Morgan fingerprint density at radius 3 is 2.17 bits per heavy atom. The van der Waals surface area contributed by atoms with E-state index in [1.54, 1.807) is 17.6 Å². The Morgan fingerprint density at radius 1 is 1.00 bits per heavy atom. The number of carbonyl (C=O) groups is 2. The average Bonchev–Trinajstić information content (AvgIpc) is 3.19. The molecule has 10 heteroatoms. The number of sulfonamides is 1. The molecule has 0 aliphatic carbocycles. The molecular weight excluding hydrogens is 498 g/mol. The molecule has 0 atom stereocenters. The van der Waals surface area contributed by atoms with Crippen molar-refractivity contribution in [2.24, 2.45) is 10.1 Å². The number of nitrogens with zero attached hydrogens (tertiary/aromatic N) is 2. The second kappa shape index (κ2) is 11.0. The van der Waals surface area contributed by atoms with Gasteiger partial charge in [0.2, 0.25) is 15.9 Å². The van der Waals surface area contributed by atoms with Gasteiger partial charge in [-0.05, 0) is 36.2 Å². The van der Waals surface area contributed by atoms with Crippen LogP contribution >= 0.6 is 11.3 Å². The number of primary sulfonamides is 1. The standard InChI is InChI=1S/C26H25N3O5S2/c1-2-34-25(31)17-29-22-14-13-20(36(27,32)33)15-23(22)35-26(29)28-24(30)16-21(18-9-5-3-6-10-18)19-11-7-4-8-12-19/h3-15,21H,2,16-17H2,1H3,(H2,27,32,33). The zero-order valence-electron chi connectivity index (χ0n) is 19.5. The van der Waals surface area contributed by atoms with Crippen LogP contribution in [0.3, 0.4) is 0 Å². The zero-order chi connectivity index (χ0) is 25.7. The topological polar surface area (TPSA) is 121 Å². The Hall–Kier alpha value is -3.60. The van der Waals surface area contributed by atoms with Crippen LogP contribution in [-0.4, -0.2) is 31.5 Å². The molecule has 0 saturated heterocycles. The number of benzene rings is 3. The van der Waals surface area contributed by atoms with Crippen LogP contribution in [0.5, 0.6) is 0 Å². The van der Waals surface area contributed by atoms with Gasteiger partial charge in [-0.25, -0.2) is 13.6 Å². The highest BCUT2D eigenvalue weighted by Crippen LogP contribution is 2.28. The number of carbonyl (C=O) groups excluding carboxylic acids is 2. The van der Waals surface area contributed by atoms with Crippen molar-refractivity contribution in [1.82, 2.24) is 4.57 Å². The summed E-state index contributed by atoms with van der Waals surface area (Å²) < 4.78 is 30.8. The van der Waals surface area contributed by atoms with E-state index in [9.17, 15) is 18.0 Å². The number of fused-ring (bicyclic) bond motifs is 1. The fourth-order valence-corrected chi connectivity index (χ4v) is 5.63. The summed E-state index contributed by atoms with van der Waals surface area (Å²) >= 11 is 1.11. The molecule has 4 rings (SSSR count). The first-order valence-electron chi connectivity index (χ1n) is 11.3. The number of esters is 1. The van der Waals surface area contributed by atoms with Crippen LogP contribution in [0.15, 0.2) is 88.8 Å². The van der Waals surface area contributed by atoms with E-state index in [1.807, 2.05) is 60.7 Å². The number of thiazole rings is 1. The monoisotopic (exact) mass is 523 g/mol. The third kappa shape index (κ3) is 5.96. The van der Waals surface area contributed by atoms with E-state index in [4.69, 9.17) is 9.88 Å². The highest BCUT2D eigenvalue weighted by molar-refractivity contribution is 7.89. The summed E-state index contributed by atoms with van der Waals surface area (Å²) in [6.07, 6.45) is 0.115. The highest BCUT2D eigenvalue weighted by Gasteiger charge is 2.19. The largest absolute Gasteiger partial charge is 0.465 e. The number of hydrogen-bond donors (Lipinski definition) is 1. The van der Waals surface area contributed by atoms with E-state index < -0.39 is 16.0 Å². The van der Waals surface area contributed by atoms with Crippen molar-refractivity contribution in [1.29, 1.82) is 0 Å². The van der Waals surface area contributed by atoms with Crippen LogP contribution in [0.2, 0.25) is 0 Å². The molecule has 0 saturated carbocycles. The molecule has 8 nitrogen and oxygen atoms in total. The van der Waals surface area contributed by atoms with Gasteiger partial charge < -0.3 is 9.30 Å². The molecule has 0 fully saturated rings. The van der Waals surface area contributed by atoms with Crippen LogP contribution < -0.4 is 9.94 Å². The van der Waals surface area contributed by atoms with Crippen LogP contribution in [-0.2, 0) is 30.9 Å². The maximum absolute atomic E-state index is 13.2. The predicted molar refractivity (Wildman–Crippen MR) is 138 cm³/mol. The van der Waals surface area contributed by atoms with Gasteiger partial charge in [-0.2, -0.15) is 4.99 Å². The molecule has 0 radical (unpaired) electrons. The van der Waals surface area contributed by atoms with Crippen LogP contribution in [0, 0.1) is 0 Å². The molecular formula is C26H25N3O5S2. The van der Waals surface area contributed by atoms with Gasteiger partial charge in [0.1, 0.15) is 6.54 Å². The lowest BCUT2D eigenvalue weighted by molar-refractivity contribution is -0.143. The Morgan fingerprint density at radius 2 is 1.61 bits per heavy atom. The summed E-state index contributed by atoms with van der Waals surface area (Å²) in [5, 5.41) is 5.28. The van der Waals surface area contributed by atoms with Gasteiger partial charge in [0.05, 0.1) is 21.7 Å². The van der Waals surface area contributed by atoms with E-state index >= 15 is 0 Å². The van der Waals surface area contributed by atoms with Crippen molar-refractivity contribution in [3.8, 4) is 0 Å². The summed E-state index contributed by atoms with van der Waals surface area (Å²) in [5.41, 5.74) is 2.52. The van der Waals surface area contributed by atoms with E-state index in [0.717, 1.165) is 22.5 Å². The second-order valence-corrected chi connectivity index (χ2v) is 10.6. The molecule has 0 unspecified atom stereocenters. The third-order valence-electron chi connectivity index (χ3n) is 5.58. The molecule has 0 spiro atoms. The van der Waals surface area contributed by atoms with E-state index in [2.05, 4.69) is 4.99 Å². The molecule has 0 aliphatic rings. The van der Waals surface area contributed by atoms with Crippen molar-refractivity contribution < 1.29 is 22.7 Å². The molecule has 1 heterocycles. The molecule has 1 aromatic heterocycles. The summed E-state index contributed by atoms with van der Waals surface area (Å²) in [6.45, 7) is 1.74. The number of hydrogen-bond acceptors (Lipinski definition) is 6. The van der Waals surface area contributed by atoms with E-state index in [0.29, 0.717) is 10.2 Å². The molecule has 4 aromatic rings. The first-order chi connectivity index (χ1) is 17.3. The van der Waals surface area contributed by atoms with Crippen molar-refractivity contribution in [3.63, 3.8) is 0 Å². The summed E-state index contributed by atoms with van der Waals surface area (Å²) in [6, 6.07) is 23.8. The maximum atomic E-state index is 13.2. The molecule has 3 aromatic carbocycles. The van der Waals surface area contributed by atoms with Crippen molar-refractivity contribution >= 4 is 43.5 Å². The van der Waals surface area contributed by atoms with Crippen molar-refractivity contribution in [3.05, 3.63) is 94.8 Å². The summed E-state index contributed by atoms with van der Waals surface area (Å²) in [4.78, 5) is 30.1. The molecule has 0 bridgehead atoms. The number of amides is 1.